The van der Waals surface area contributed by atoms with Gasteiger partial charge >= 0.3 is 0 Å². The van der Waals surface area contributed by atoms with Crippen molar-refractivity contribution in [3.05, 3.63) is 12.7 Å². The molecule has 5 nitrogen and oxygen atoms in total. The lowest BCUT2D eigenvalue weighted by molar-refractivity contribution is -0.129. The number of hydrogen-bond acceptors (Lipinski definition) is 4. The van der Waals surface area contributed by atoms with Crippen LogP contribution in [0.5, 0.6) is 0 Å². The van der Waals surface area contributed by atoms with E-state index in [0.29, 0.717) is 13.2 Å². The van der Waals surface area contributed by atoms with Gasteiger partial charge in [-0.25, -0.2) is 0 Å². The Labute approximate surface area is 110 Å². The summed E-state index contributed by atoms with van der Waals surface area (Å²) >= 11 is 0. The molecule has 0 unspecified atom stereocenters. The predicted molar refractivity (Wildman–Crippen MR) is 72.5 cm³/mol. The highest BCUT2D eigenvalue weighted by molar-refractivity contribution is 5.81. The van der Waals surface area contributed by atoms with Gasteiger partial charge in [-0.15, -0.1) is 6.58 Å². The molecular formula is C13H25N3O2. The Morgan fingerprint density at radius 1 is 1.67 bits per heavy atom. The summed E-state index contributed by atoms with van der Waals surface area (Å²) in [4.78, 5) is 16.2. The zero-order chi connectivity index (χ0) is 13.5. The fraction of sp³-hybridized carbons (Fsp3) is 0.769. The summed E-state index contributed by atoms with van der Waals surface area (Å²) in [6, 6.07) is -0.112. The van der Waals surface area contributed by atoms with E-state index >= 15 is 0 Å². The minimum Gasteiger partial charge on any atom is -0.374 e. The molecule has 1 aliphatic rings. The van der Waals surface area contributed by atoms with Gasteiger partial charge in [0.25, 0.3) is 0 Å². The Balaban J connectivity index is 2.44. The van der Waals surface area contributed by atoms with E-state index in [1.807, 2.05) is 21.0 Å². The maximum absolute atomic E-state index is 11.9. The van der Waals surface area contributed by atoms with E-state index in [4.69, 9.17) is 4.74 Å². The molecule has 1 fully saturated rings. The topological polar surface area (TPSA) is 44.8 Å². The van der Waals surface area contributed by atoms with E-state index in [1.165, 1.54) is 0 Å². The number of nitrogens with zero attached hydrogens (tertiary/aromatic N) is 2. The van der Waals surface area contributed by atoms with Gasteiger partial charge in [0.05, 0.1) is 18.8 Å². The van der Waals surface area contributed by atoms with Crippen molar-refractivity contribution in [1.82, 2.24) is 15.1 Å². The minimum atomic E-state index is -0.112. The van der Waals surface area contributed by atoms with Crippen LogP contribution in [0.3, 0.4) is 0 Å². The van der Waals surface area contributed by atoms with Crippen LogP contribution in [0.1, 0.15) is 6.92 Å². The van der Waals surface area contributed by atoms with Crippen LogP contribution in [0.4, 0.5) is 0 Å². The molecule has 0 aliphatic carbocycles. The van der Waals surface area contributed by atoms with E-state index in [9.17, 15) is 4.79 Å². The van der Waals surface area contributed by atoms with Crippen molar-refractivity contribution in [1.29, 1.82) is 0 Å². The number of carbonyl (C=O) groups is 1. The highest BCUT2D eigenvalue weighted by atomic mass is 16.5. The molecule has 0 radical (unpaired) electrons. The molecule has 0 aromatic carbocycles. The SMILES string of the molecule is C=CCNC(=O)[C@@H](C)N1CCO[C@@H](CN(C)C)C1. The lowest BCUT2D eigenvalue weighted by Gasteiger charge is -2.37. The third kappa shape index (κ3) is 4.76. The van der Waals surface area contributed by atoms with Gasteiger partial charge in [-0.05, 0) is 21.0 Å². The Hall–Kier alpha value is -0.910. The summed E-state index contributed by atoms with van der Waals surface area (Å²) in [5.74, 6) is 0.0559. The summed E-state index contributed by atoms with van der Waals surface area (Å²) in [5, 5.41) is 2.84. The molecule has 2 atom stereocenters. The molecule has 0 saturated carbocycles. The first-order valence-corrected chi connectivity index (χ1v) is 6.43. The molecular weight excluding hydrogens is 230 g/mol. The number of nitrogens with one attached hydrogen (secondary N) is 1. The Morgan fingerprint density at radius 2 is 2.39 bits per heavy atom. The summed E-state index contributed by atoms with van der Waals surface area (Å²) in [6.45, 7) is 9.26. The second-order valence-electron chi connectivity index (χ2n) is 4.96. The first-order valence-electron chi connectivity index (χ1n) is 6.43. The van der Waals surface area contributed by atoms with Gasteiger partial charge in [0.1, 0.15) is 0 Å². The molecule has 5 heteroatoms. The lowest BCUT2D eigenvalue weighted by Crippen LogP contribution is -2.53. The maximum Gasteiger partial charge on any atom is 0.237 e. The first kappa shape index (κ1) is 15.1. The molecule has 0 aromatic rings. The standard InChI is InChI=1S/C13H25N3O2/c1-5-6-14-13(17)11(2)16-7-8-18-12(10-16)9-15(3)4/h5,11-12H,1,6-10H2,2-4H3,(H,14,17)/t11-,12+/m1/s1. The van der Waals surface area contributed by atoms with Crippen molar-refractivity contribution in [2.75, 3.05) is 46.9 Å². The van der Waals surface area contributed by atoms with E-state index < -0.39 is 0 Å². The van der Waals surface area contributed by atoms with E-state index in [1.54, 1.807) is 6.08 Å². The van der Waals surface area contributed by atoms with Gasteiger partial charge in [0, 0.05) is 26.2 Å². The fourth-order valence-corrected chi connectivity index (χ4v) is 2.10. The Bertz CT molecular complexity index is 281. The van der Waals surface area contributed by atoms with E-state index in [2.05, 4.69) is 21.7 Å². The van der Waals surface area contributed by atoms with E-state index in [-0.39, 0.29) is 18.1 Å². The number of morpholine rings is 1. The van der Waals surface area contributed by atoms with Gasteiger partial charge in [0.15, 0.2) is 0 Å². The quantitative estimate of drug-likeness (QED) is 0.675. The van der Waals surface area contributed by atoms with Crippen LogP contribution in [-0.4, -0.2) is 74.7 Å². The van der Waals surface area contributed by atoms with Crippen LogP contribution >= 0.6 is 0 Å². The second kappa shape index (κ2) is 7.51. The molecule has 1 N–H and O–H groups in total. The predicted octanol–water partition coefficient (Wildman–Crippen LogP) is -0.0605. The molecule has 0 bridgehead atoms. The van der Waals surface area contributed by atoms with Crippen LogP contribution in [-0.2, 0) is 9.53 Å². The molecule has 1 amide bonds. The maximum atomic E-state index is 11.9. The van der Waals surface area contributed by atoms with Gasteiger partial charge < -0.3 is 15.0 Å². The number of hydrogen-bond donors (Lipinski definition) is 1. The molecule has 1 aliphatic heterocycles. The molecule has 0 aromatic heterocycles. The third-order valence-corrected chi connectivity index (χ3v) is 3.09. The van der Waals surface area contributed by atoms with Gasteiger partial charge in [0.2, 0.25) is 5.91 Å². The average Bonchev–Trinajstić information content (AvgIpc) is 2.34. The van der Waals surface area contributed by atoms with Crippen molar-refractivity contribution in [2.24, 2.45) is 0 Å². The Morgan fingerprint density at radius 3 is 3.00 bits per heavy atom. The van der Waals surface area contributed by atoms with Crippen molar-refractivity contribution in [3.8, 4) is 0 Å². The third-order valence-electron chi connectivity index (χ3n) is 3.09. The van der Waals surface area contributed by atoms with Gasteiger partial charge in [-0.3, -0.25) is 9.69 Å². The van der Waals surface area contributed by atoms with Crippen LogP contribution < -0.4 is 5.32 Å². The zero-order valence-electron chi connectivity index (χ0n) is 11.7. The number of ether oxygens (including phenoxy) is 1. The van der Waals surface area contributed by atoms with E-state index in [0.717, 1.165) is 19.6 Å². The number of rotatable bonds is 6. The van der Waals surface area contributed by atoms with Crippen molar-refractivity contribution >= 4 is 5.91 Å². The molecule has 18 heavy (non-hydrogen) atoms. The Kier molecular flexibility index (Phi) is 6.32. The fourth-order valence-electron chi connectivity index (χ4n) is 2.10. The molecule has 104 valence electrons. The van der Waals surface area contributed by atoms with Crippen molar-refractivity contribution < 1.29 is 9.53 Å². The summed E-state index contributed by atoms with van der Waals surface area (Å²) in [6.07, 6.45) is 1.88. The van der Waals surface area contributed by atoms with Crippen LogP contribution in [0.2, 0.25) is 0 Å². The van der Waals surface area contributed by atoms with Crippen LogP contribution in [0.15, 0.2) is 12.7 Å². The molecule has 1 heterocycles. The second-order valence-corrected chi connectivity index (χ2v) is 4.96. The summed E-state index contributed by atoms with van der Waals surface area (Å²) in [7, 11) is 4.06. The summed E-state index contributed by atoms with van der Waals surface area (Å²) < 4.78 is 5.70. The van der Waals surface area contributed by atoms with Crippen LogP contribution in [0.25, 0.3) is 0 Å². The normalized spacial score (nSPS) is 22.8. The van der Waals surface area contributed by atoms with Crippen LogP contribution in [0, 0.1) is 0 Å². The number of likely N-dealkylation sites (N-methyl/N-ethyl adjacent to an activating group) is 1. The highest BCUT2D eigenvalue weighted by Gasteiger charge is 2.27. The molecule has 1 rings (SSSR count). The monoisotopic (exact) mass is 255 g/mol. The van der Waals surface area contributed by atoms with Gasteiger partial charge in [-0.1, -0.05) is 6.08 Å². The van der Waals surface area contributed by atoms with Crippen molar-refractivity contribution in [3.63, 3.8) is 0 Å². The minimum absolute atomic E-state index is 0.0559. The summed E-state index contributed by atoms with van der Waals surface area (Å²) in [5.41, 5.74) is 0. The first-order chi connectivity index (χ1) is 8.54. The van der Waals surface area contributed by atoms with Gasteiger partial charge in [-0.2, -0.15) is 0 Å². The van der Waals surface area contributed by atoms with Crippen molar-refractivity contribution in [2.45, 2.75) is 19.1 Å². The molecule has 1 saturated heterocycles. The number of carbonyl (C=O) groups excluding carboxylic acids is 1. The lowest BCUT2D eigenvalue weighted by atomic mass is 10.2. The largest absolute Gasteiger partial charge is 0.374 e. The number of amides is 1. The average molecular weight is 255 g/mol. The smallest absolute Gasteiger partial charge is 0.237 e. The zero-order valence-corrected chi connectivity index (χ0v) is 11.7. The highest BCUT2D eigenvalue weighted by Crippen LogP contribution is 2.09. The molecule has 0 spiro atoms.